The first-order chi connectivity index (χ1) is 9.95. The molecule has 0 spiro atoms. The number of benzene rings is 1. The van der Waals surface area contributed by atoms with Crippen LogP contribution >= 0.6 is 0 Å². The van der Waals surface area contributed by atoms with E-state index in [0.29, 0.717) is 13.2 Å². The largest absolute Gasteiger partial charge is 0.416 e. The van der Waals surface area contributed by atoms with E-state index in [1.54, 1.807) is 6.07 Å². The number of ether oxygens (including phenoxy) is 1. The SMILES string of the molecule is CN(C1CCOCC1)C(CN)c1ccccc1C(F)(F)F. The van der Waals surface area contributed by atoms with Gasteiger partial charge in [0.1, 0.15) is 0 Å². The topological polar surface area (TPSA) is 38.5 Å². The third kappa shape index (κ3) is 3.75. The summed E-state index contributed by atoms with van der Waals surface area (Å²) in [6, 6.07) is 5.45. The fourth-order valence-corrected chi connectivity index (χ4v) is 2.91. The maximum Gasteiger partial charge on any atom is 0.416 e. The fourth-order valence-electron chi connectivity index (χ4n) is 2.91. The van der Waals surface area contributed by atoms with Gasteiger partial charge in [-0.2, -0.15) is 13.2 Å². The molecule has 1 fully saturated rings. The predicted octanol–water partition coefficient (Wildman–Crippen LogP) is 2.82. The summed E-state index contributed by atoms with van der Waals surface area (Å²) < 4.78 is 44.8. The van der Waals surface area contributed by atoms with Crippen LogP contribution in [0, 0.1) is 0 Å². The van der Waals surface area contributed by atoms with Gasteiger partial charge in [0.15, 0.2) is 0 Å². The molecular weight excluding hydrogens is 281 g/mol. The Morgan fingerprint density at radius 3 is 2.48 bits per heavy atom. The lowest BCUT2D eigenvalue weighted by atomic mass is 9.96. The van der Waals surface area contributed by atoms with E-state index >= 15 is 0 Å². The van der Waals surface area contributed by atoms with Crippen molar-refractivity contribution in [2.45, 2.75) is 31.1 Å². The van der Waals surface area contributed by atoms with Crippen molar-refractivity contribution < 1.29 is 17.9 Å². The molecule has 1 aromatic carbocycles. The highest BCUT2D eigenvalue weighted by Gasteiger charge is 2.36. The average molecular weight is 302 g/mol. The monoisotopic (exact) mass is 302 g/mol. The van der Waals surface area contributed by atoms with Crippen LogP contribution in [0.1, 0.15) is 30.0 Å². The highest BCUT2D eigenvalue weighted by atomic mass is 19.4. The minimum absolute atomic E-state index is 0.154. The third-order valence-corrected chi connectivity index (χ3v) is 4.11. The van der Waals surface area contributed by atoms with Gasteiger partial charge in [0, 0.05) is 31.8 Å². The molecule has 1 aliphatic rings. The Balaban J connectivity index is 2.28. The van der Waals surface area contributed by atoms with Gasteiger partial charge in [0.2, 0.25) is 0 Å². The Kier molecular flexibility index (Phi) is 5.24. The second kappa shape index (κ2) is 6.77. The molecule has 2 rings (SSSR count). The van der Waals surface area contributed by atoms with Crippen molar-refractivity contribution in [1.82, 2.24) is 4.90 Å². The minimum atomic E-state index is -4.36. The predicted molar refractivity (Wildman–Crippen MR) is 74.8 cm³/mol. The molecule has 2 N–H and O–H groups in total. The first-order valence-corrected chi connectivity index (χ1v) is 7.11. The maximum absolute atomic E-state index is 13.2. The summed E-state index contributed by atoms with van der Waals surface area (Å²) >= 11 is 0. The van der Waals surface area contributed by atoms with Crippen molar-refractivity contribution >= 4 is 0 Å². The molecule has 0 bridgehead atoms. The molecule has 21 heavy (non-hydrogen) atoms. The Morgan fingerprint density at radius 1 is 1.29 bits per heavy atom. The highest BCUT2D eigenvalue weighted by molar-refractivity contribution is 5.32. The zero-order valence-corrected chi connectivity index (χ0v) is 12.1. The Hall–Kier alpha value is -1.11. The summed E-state index contributed by atoms with van der Waals surface area (Å²) in [5, 5.41) is 0. The van der Waals surface area contributed by atoms with E-state index < -0.39 is 17.8 Å². The molecule has 118 valence electrons. The number of nitrogens with two attached hydrogens (primary N) is 1. The molecule has 0 aliphatic carbocycles. The van der Waals surface area contributed by atoms with Crippen molar-refractivity contribution in [1.29, 1.82) is 0 Å². The number of nitrogens with zero attached hydrogens (tertiary/aromatic N) is 1. The van der Waals surface area contributed by atoms with Crippen LogP contribution in [-0.2, 0) is 10.9 Å². The van der Waals surface area contributed by atoms with Crippen molar-refractivity contribution in [2.24, 2.45) is 5.73 Å². The first kappa shape index (κ1) is 16.3. The summed E-state index contributed by atoms with van der Waals surface area (Å²) in [5.41, 5.74) is 5.44. The van der Waals surface area contributed by atoms with Crippen LogP contribution in [0.2, 0.25) is 0 Å². The molecule has 1 heterocycles. The molecule has 1 saturated heterocycles. The lowest BCUT2D eigenvalue weighted by Gasteiger charge is -2.37. The highest BCUT2D eigenvalue weighted by Crippen LogP contribution is 2.36. The van der Waals surface area contributed by atoms with Gasteiger partial charge < -0.3 is 10.5 Å². The van der Waals surface area contributed by atoms with E-state index in [-0.39, 0.29) is 18.2 Å². The smallest absolute Gasteiger partial charge is 0.381 e. The standard InChI is InChI=1S/C15H21F3N2O/c1-20(11-6-8-21-9-7-11)14(10-19)12-4-2-3-5-13(12)15(16,17)18/h2-5,11,14H,6-10,19H2,1H3. The van der Waals surface area contributed by atoms with Crippen molar-refractivity contribution in [3.8, 4) is 0 Å². The molecule has 1 unspecified atom stereocenters. The Bertz CT molecular complexity index is 458. The Labute approximate surface area is 122 Å². The molecular formula is C15H21F3N2O. The minimum Gasteiger partial charge on any atom is -0.381 e. The Morgan fingerprint density at radius 2 is 1.90 bits per heavy atom. The molecule has 1 aromatic rings. The van der Waals surface area contributed by atoms with Crippen LogP contribution in [0.15, 0.2) is 24.3 Å². The molecule has 0 amide bonds. The van der Waals surface area contributed by atoms with Gasteiger partial charge in [-0.3, -0.25) is 4.90 Å². The first-order valence-electron chi connectivity index (χ1n) is 7.11. The fraction of sp³-hybridized carbons (Fsp3) is 0.600. The van der Waals surface area contributed by atoms with Gasteiger partial charge in [-0.15, -0.1) is 0 Å². The molecule has 0 radical (unpaired) electrons. The van der Waals surface area contributed by atoms with Crippen LogP contribution in [-0.4, -0.2) is 37.7 Å². The van der Waals surface area contributed by atoms with Crippen molar-refractivity contribution in [3.05, 3.63) is 35.4 Å². The van der Waals surface area contributed by atoms with Gasteiger partial charge in [0.25, 0.3) is 0 Å². The van der Waals surface area contributed by atoms with Crippen molar-refractivity contribution in [3.63, 3.8) is 0 Å². The van der Waals surface area contributed by atoms with E-state index in [1.165, 1.54) is 12.1 Å². The number of hydrogen-bond acceptors (Lipinski definition) is 3. The number of likely N-dealkylation sites (N-methyl/N-ethyl adjacent to an activating group) is 1. The summed E-state index contributed by atoms with van der Waals surface area (Å²) in [7, 11) is 1.85. The molecule has 0 saturated carbocycles. The van der Waals surface area contributed by atoms with Gasteiger partial charge in [-0.05, 0) is 31.5 Å². The third-order valence-electron chi connectivity index (χ3n) is 4.11. The molecule has 1 aliphatic heterocycles. The van der Waals surface area contributed by atoms with E-state index in [0.717, 1.165) is 18.9 Å². The molecule has 0 aromatic heterocycles. The number of hydrogen-bond donors (Lipinski definition) is 1. The zero-order valence-electron chi connectivity index (χ0n) is 12.1. The van der Waals surface area contributed by atoms with Crippen LogP contribution in [0.25, 0.3) is 0 Å². The summed E-state index contributed by atoms with van der Waals surface area (Å²) in [6.45, 7) is 1.45. The molecule has 6 heteroatoms. The quantitative estimate of drug-likeness (QED) is 0.929. The molecule has 3 nitrogen and oxygen atoms in total. The van der Waals surface area contributed by atoms with E-state index in [1.807, 2.05) is 11.9 Å². The number of halogens is 3. The second-order valence-corrected chi connectivity index (χ2v) is 5.35. The maximum atomic E-state index is 13.2. The van der Waals surface area contributed by atoms with Gasteiger partial charge >= 0.3 is 6.18 Å². The lowest BCUT2D eigenvalue weighted by molar-refractivity contribution is -0.138. The molecule has 1 atom stereocenters. The van der Waals surface area contributed by atoms with E-state index in [2.05, 4.69) is 0 Å². The van der Waals surface area contributed by atoms with E-state index in [9.17, 15) is 13.2 Å². The lowest BCUT2D eigenvalue weighted by Crippen LogP contribution is -2.42. The summed E-state index contributed by atoms with van der Waals surface area (Å²) in [6.07, 6.45) is -2.72. The number of rotatable bonds is 4. The second-order valence-electron chi connectivity index (χ2n) is 5.35. The van der Waals surface area contributed by atoms with Gasteiger partial charge in [-0.1, -0.05) is 18.2 Å². The normalized spacial score (nSPS) is 19.0. The van der Waals surface area contributed by atoms with Crippen molar-refractivity contribution in [2.75, 3.05) is 26.8 Å². The summed E-state index contributed by atoms with van der Waals surface area (Å²) in [4.78, 5) is 1.97. The van der Waals surface area contributed by atoms with Crippen LogP contribution in [0.4, 0.5) is 13.2 Å². The van der Waals surface area contributed by atoms with E-state index in [4.69, 9.17) is 10.5 Å². The van der Waals surface area contributed by atoms with Gasteiger partial charge in [-0.25, -0.2) is 0 Å². The summed E-state index contributed by atoms with van der Waals surface area (Å²) in [5.74, 6) is 0. The zero-order chi connectivity index (χ0) is 15.5. The van der Waals surface area contributed by atoms with Crippen LogP contribution in [0.3, 0.4) is 0 Å². The van der Waals surface area contributed by atoms with Crippen LogP contribution < -0.4 is 5.73 Å². The van der Waals surface area contributed by atoms with Crippen LogP contribution in [0.5, 0.6) is 0 Å². The average Bonchev–Trinajstić information content (AvgIpc) is 2.48. The van der Waals surface area contributed by atoms with Gasteiger partial charge in [0.05, 0.1) is 5.56 Å². The number of alkyl halides is 3.